The molecule has 2 aromatic carbocycles. The van der Waals surface area contributed by atoms with Crippen molar-refractivity contribution in [2.24, 2.45) is 0 Å². The molecule has 1 aliphatic heterocycles. The van der Waals surface area contributed by atoms with Crippen molar-refractivity contribution >= 4 is 23.7 Å². The highest BCUT2D eigenvalue weighted by Crippen LogP contribution is 2.37. The molecule has 3 rings (SSSR count). The maximum absolute atomic E-state index is 13.2. The standard InChI is InChI=1S/C25H28N2O7/c1-3-34-21-14-16(11-12-20(21)33-2)19(15-22(28)26-13-7-6-10-23(29)30)27-24(31)17-8-4-5-9-18(17)25(27)32/h4-5,8-9,11-12,14,19H,3,6-7,10,13,15H2,1-2H3,(H,26,28)(H,29,30). The summed E-state index contributed by atoms with van der Waals surface area (Å²) in [6.07, 6.45) is 0.822. The predicted molar refractivity (Wildman–Crippen MR) is 123 cm³/mol. The van der Waals surface area contributed by atoms with E-state index in [1.807, 2.05) is 6.92 Å². The molecule has 9 nitrogen and oxygen atoms in total. The molecule has 3 amide bonds. The van der Waals surface area contributed by atoms with E-state index in [1.54, 1.807) is 42.5 Å². The first-order valence-electron chi connectivity index (χ1n) is 11.1. The van der Waals surface area contributed by atoms with Gasteiger partial charge in [-0.25, -0.2) is 0 Å². The molecule has 9 heteroatoms. The number of nitrogens with one attached hydrogen (secondary N) is 1. The monoisotopic (exact) mass is 468 g/mol. The Hall–Kier alpha value is -3.88. The molecule has 2 N–H and O–H groups in total. The summed E-state index contributed by atoms with van der Waals surface area (Å²) >= 11 is 0. The van der Waals surface area contributed by atoms with Gasteiger partial charge in [0.05, 0.1) is 37.3 Å². The molecule has 180 valence electrons. The first-order valence-corrected chi connectivity index (χ1v) is 11.1. The lowest BCUT2D eigenvalue weighted by atomic mass is 10.0. The zero-order chi connectivity index (χ0) is 24.7. The maximum Gasteiger partial charge on any atom is 0.303 e. The van der Waals surface area contributed by atoms with Gasteiger partial charge in [0.15, 0.2) is 11.5 Å². The molecular weight excluding hydrogens is 440 g/mol. The number of carboxylic acid groups (broad SMARTS) is 1. The van der Waals surface area contributed by atoms with Crippen molar-refractivity contribution in [3.05, 3.63) is 59.2 Å². The SMILES string of the molecule is CCOc1cc(C(CC(=O)NCCCCC(=O)O)N2C(=O)c3ccccc3C2=O)ccc1OC. The number of imide groups is 1. The molecule has 0 radical (unpaired) electrons. The Balaban J connectivity index is 1.87. The van der Waals surface area contributed by atoms with Gasteiger partial charge in [-0.2, -0.15) is 0 Å². The zero-order valence-electron chi connectivity index (χ0n) is 19.2. The summed E-state index contributed by atoms with van der Waals surface area (Å²) in [6.45, 7) is 2.51. The molecule has 2 aromatic rings. The van der Waals surface area contributed by atoms with Crippen molar-refractivity contribution in [2.75, 3.05) is 20.3 Å². The number of carbonyl (C=O) groups is 4. The summed E-state index contributed by atoms with van der Waals surface area (Å²) in [4.78, 5) is 50.9. The van der Waals surface area contributed by atoms with Crippen LogP contribution in [0.3, 0.4) is 0 Å². The van der Waals surface area contributed by atoms with Gasteiger partial charge in [0, 0.05) is 13.0 Å². The lowest BCUT2D eigenvalue weighted by molar-refractivity contribution is -0.137. The molecule has 1 heterocycles. The number of unbranched alkanes of at least 4 members (excludes halogenated alkanes) is 1. The van der Waals surface area contributed by atoms with Crippen LogP contribution in [0.25, 0.3) is 0 Å². The summed E-state index contributed by atoms with van der Waals surface area (Å²) in [6, 6.07) is 10.8. The van der Waals surface area contributed by atoms with Crippen LogP contribution in [0.2, 0.25) is 0 Å². The van der Waals surface area contributed by atoms with Gasteiger partial charge >= 0.3 is 5.97 Å². The van der Waals surface area contributed by atoms with Crippen LogP contribution in [0, 0.1) is 0 Å². The number of hydrogen-bond donors (Lipinski definition) is 2. The minimum absolute atomic E-state index is 0.0274. The first kappa shape index (κ1) is 24.8. The molecule has 0 saturated heterocycles. The Morgan fingerprint density at radius 1 is 1.03 bits per heavy atom. The van der Waals surface area contributed by atoms with E-state index in [1.165, 1.54) is 7.11 Å². The Bertz CT molecular complexity index is 1050. The van der Waals surface area contributed by atoms with Gasteiger partial charge in [-0.15, -0.1) is 0 Å². The molecule has 0 fully saturated rings. The van der Waals surface area contributed by atoms with Crippen molar-refractivity contribution < 1.29 is 33.8 Å². The highest BCUT2D eigenvalue weighted by molar-refractivity contribution is 6.21. The number of nitrogens with zero attached hydrogens (tertiary/aromatic N) is 1. The van der Waals surface area contributed by atoms with E-state index in [9.17, 15) is 19.2 Å². The number of aliphatic carboxylic acids is 1. The number of carboxylic acids is 1. The van der Waals surface area contributed by atoms with Crippen LogP contribution < -0.4 is 14.8 Å². The number of amides is 3. The molecule has 1 atom stereocenters. The lowest BCUT2D eigenvalue weighted by Gasteiger charge is -2.27. The fourth-order valence-corrected chi connectivity index (χ4v) is 3.89. The second-order valence-electron chi connectivity index (χ2n) is 7.79. The largest absolute Gasteiger partial charge is 0.493 e. The maximum atomic E-state index is 13.2. The third-order valence-electron chi connectivity index (χ3n) is 5.53. The summed E-state index contributed by atoms with van der Waals surface area (Å²) in [5, 5.41) is 11.5. The van der Waals surface area contributed by atoms with E-state index in [4.69, 9.17) is 14.6 Å². The van der Waals surface area contributed by atoms with Crippen LogP contribution in [0.1, 0.15) is 64.9 Å². The first-order chi connectivity index (χ1) is 16.4. The number of ether oxygens (including phenoxy) is 2. The van der Waals surface area contributed by atoms with Crippen molar-refractivity contribution in [3.8, 4) is 11.5 Å². The minimum Gasteiger partial charge on any atom is -0.493 e. The number of carbonyl (C=O) groups excluding carboxylic acids is 3. The second-order valence-corrected chi connectivity index (χ2v) is 7.79. The van der Waals surface area contributed by atoms with E-state index in [2.05, 4.69) is 5.32 Å². The van der Waals surface area contributed by atoms with E-state index in [0.29, 0.717) is 54.2 Å². The summed E-state index contributed by atoms with van der Waals surface area (Å²) < 4.78 is 11.0. The van der Waals surface area contributed by atoms with Crippen LogP contribution in [-0.2, 0) is 9.59 Å². The number of benzene rings is 2. The average Bonchev–Trinajstić information content (AvgIpc) is 3.07. The third kappa shape index (κ3) is 5.54. The second kappa shape index (κ2) is 11.3. The molecule has 0 aromatic heterocycles. The van der Waals surface area contributed by atoms with Crippen molar-refractivity contribution in [1.29, 1.82) is 0 Å². The summed E-state index contributed by atoms with van der Waals surface area (Å²) in [7, 11) is 1.51. The van der Waals surface area contributed by atoms with Crippen molar-refractivity contribution in [2.45, 2.75) is 38.6 Å². The number of hydrogen-bond acceptors (Lipinski definition) is 6. The molecular formula is C25H28N2O7. The quantitative estimate of drug-likeness (QED) is 0.362. The van der Waals surface area contributed by atoms with Crippen molar-refractivity contribution in [3.63, 3.8) is 0 Å². The van der Waals surface area contributed by atoms with Crippen LogP contribution in [0.4, 0.5) is 0 Å². The van der Waals surface area contributed by atoms with E-state index < -0.39 is 23.8 Å². The van der Waals surface area contributed by atoms with Crippen LogP contribution in [0.5, 0.6) is 11.5 Å². The average molecular weight is 469 g/mol. The van der Waals surface area contributed by atoms with Gasteiger partial charge in [0.25, 0.3) is 11.8 Å². The lowest BCUT2D eigenvalue weighted by Crippen LogP contribution is -2.37. The topological polar surface area (TPSA) is 122 Å². The Morgan fingerprint density at radius 3 is 2.29 bits per heavy atom. The smallest absolute Gasteiger partial charge is 0.303 e. The number of methoxy groups -OCH3 is 1. The van der Waals surface area contributed by atoms with Gasteiger partial charge in [-0.1, -0.05) is 18.2 Å². The normalized spacial score (nSPS) is 13.4. The van der Waals surface area contributed by atoms with Gasteiger partial charge in [0.2, 0.25) is 5.91 Å². The third-order valence-corrected chi connectivity index (χ3v) is 5.53. The molecule has 0 saturated carbocycles. The zero-order valence-corrected chi connectivity index (χ0v) is 19.2. The highest BCUT2D eigenvalue weighted by atomic mass is 16.5. The molecule has 1 unspecified atom stereocenters. The fourth-order valence-electron chi connectivity index (χ4n) is 3.89. The predicted octanol–water partition coefficient (Wildman–Crippen LogP) is 3.19. The van der Waals surface area contributed by atoms with Crippen LogP contribution in [0.15, 0.2) is 42.5 Å². The van der Waals surface area contributed by atoms with E-state index >= 15 is 0 Å². The molecule has 34 heavy (non-hydrogen) atoms. The highest BCUT2D eigenvalue weighted by Gasteiger charge is 2.41. The minimum atomic E-state index is -0.887. The Kier molecular flexibility index (Phi) is 8.24. The molecule has 0 bridgehead atoms. The van der Waals surface area contributed by atoms with Crippen LogP contribution >= 0.6 is 0 Å². The molecule has 0 aliphatic carbocycles. The van der Waals surface area contributed by atoms with Gasteiger partial charge in [-0.3, -0.25) is 24.1 Å². The van der Waals surface area contributed by atoms with Crippen LogP contribution in [-0.4, -0.2) is 54.0 Å². The van der Waals surface area contributed by atoms with E-state index in [-0.39, 0.29) is 18.7 Å². The summed E-state index contributed by atoms with van der Waals surface area (Å²) in [5.74, 6) is -1.23. The van der Waals surface area contributed by atoms with E-state index in [0.717, 1.165) is 4.90 Å². The van der Waals surface area contributed by atoms with Crippen molar-refractivity contribution in [1.82, 2.24) is 10.2 Å². The number of rotatable bonds is 12. The van der Waals surface area contributed by atoms with Gasteiger partial charge < -0.3 is 19.9 Å². The summed E-state index contributed by atoms with van der Waals surface area (Å²) in [5.41, 5.74) is 1.15. The van der Waals surface area contributed by atoms with Gasteiger partial charge in [0.1, 0.15) is 0 Å². The molecule has 1 aliphatic rings. The number of fused-ring (bicyclic) bond motifs is 1. The molecule has 0 spiro atoms. The fraction of sp³-hybridized carbons (Fsp3) is 0.360. The Morgan fingerprint density at radius 2 is 1.71 bits per heavy atom. The Labute approximate surface area is 197 Å². The van der Waals surface area contributed by atoms with Gasteiger partial charge in [-0.05, 0) is 49.6 Å².